The minimum Gasteiger partial charge on any atom is -0.339 e. The summed E-state index contributed by atoms with van der Waals surface area (Å²) in [6.07, 6.45) is 2.86. The molecule has 17 heavy (non-hydrogen) atoms. The number of carbonyl (C=O) groups is 1. The molecule has 1 aliphatic heterocycles. The number of nitrogens with two attached hydrogens (primary N) is 1. The van der Waals surface area contributed by atoms with E-state index in [-0.39, 0.29) is 18.3 Å². The Bertz CT molecular complexity index is 249. The van der Waals surface area contributed by atoms with Gasteiger partial charge in [-0.25, -0.2) is 0 Å². The Balaban J connectivity index is 0.00000256. The Morgan fingerprint density at radius 3 is 2.71 bits per heavy atom. The minimum atomic E-state index is -0.672. The first-order chi connectivity index (χ1) is 7.51. The lowest BCUT2D eigenvalue weighted by Crippen LogP contribution is -2.56. The predicted octanol–water partition coefficient (Wildman–Crippen LogP) is 2.28. The number of rotatable bonds is 4. The molecule has 0 radical (unpaired) electrons. The molecule has 3 nitrogen and oxygen atoms in total. The second-order valence-electron chi connectivity index (χ2n) is 4.82. The van der Waals surface area contributed by atoms with Crippen molar-refractivity contribution in [3.63, 3.8) is 0 Å². The first kappa shape index (κ1) is 17.1. The largest absolute Gasteiger partial charge is 0.339 e. The van der Waals surface area contributed by atoms with Crippen molar-refractivity contribution in [3.05, 3.63) is 0 Å². The molecule has 1 amide bonds. The van der Waals surface area contributed by atoms with E-state index in [1.807, 2.05) is 23.6 Å². The summed E-state index contributed by atoms with van der Waals surface area (Å²) in [5, 5.41) is 0.593. The molecule has 1 rings (SSSR count). The van der Waals surface area contributed by atoms with Crippen LogP contribution in [0.5, 0.6) is 0 Å². The first-order valence-corrected chi connectivity index (χ1v) is 7.26. The van der Waals surface area contributed by atoms with Crippen LogP contribution in [0.4, 0.5) is 0 Å². The van der Waals surface area contributed by atoms with Crippen molar-refractivity contribution in [2.24, 2.45) is 5.73 Å². The van der Waals surface area contributed by atoms with Gasteiger partial charge in [-0.3, -0.25) is 4.79 Å². The summed E-state index contributed by atoms with van der Waals surface area (Å²) < 4.78 is 0. The fraction of sp³-hybridized carbons (Fsp3) is 0.917. The minimum absolute atomic E-state index is 0. The number of amides is 1. The van der Waals surface area contributed by atoms with Gasteiger partial charge in [-0.2, -0.15) is 11.8 Å². The lowest BCUT2D eigenvalue weighted by atomic mass is 9.95. The second kappa shape index (κ2) is 7.49. The highest BCUT2D eigenvalue weighted by Crippen LogP contribution is 2.23. The van der Waals surface area contributed by atoms with E-state index in [1.54, 1.807) is 0 Å². The van der Waals surface area contributed by atoms with E-state index in [4.69, 9.17) is 5.73 Å². The molecule has 1 heterocycles. The van der Waals surface area contributed by atoms with Crippen molar-refractivity contribution in [1.29, 1.82) is 0 Å². The van der Waals surface area contributed by atoms with E-state index in [0.717, 1.165) is 38.1 Å². The van der Waals surface area contributed by atoms with E-state index in [0.29, 0.717) is 5.25 Å². The topological polar surface area (TPSA) is 46.3 Å². The molecule has 0 aromatic heterocycles. The highest BCUT2D eigenvalue weighted by Gasteiger charge is 2.34. The summed E-state index contributed by atoms with van der Waals surface area (Å²) in [5.74, 6) is 1.18. The van der Waals surface area contributed by atoms with Gasteiger partial charge in [0.25, 0.3) is 0 Å². The molecule has 0 spiro atoms. The monoisotopic (exact) mass is 280 g/mol. The van der Waals surface area contributed by atoms with Crippen LogP contribution in [0, 0.1) is 0 Å². The molecule has 2 atom stereocenters. The van der Waals surface area contributed by atoms with E-state index < -0.39 is 5.54 Å². The fourth-order valence-electron chi connectivity index (χ4n) is 2.14. The third kappa shape index (κ3) is 4.68. The van der Waals surface area contributed by atoms with Crippen LogP contribution in [0.1, 0.15) is 40.0 Å². The molecule has 0 saturated carbocycles. The molecular formula is C12H25ClN2OS. The van der Waals surface area contributed by atoms with Crippen molar-refractivity contribution in [2.45, 2.75) is 50.8 Å². The van der Waals surface area contributed by atoms with Gasteiger partial charge in [0.2, 0.25) is 5.91 Å². The third-order valence-corrected chi connectivity index (χ3v) is 4.51. The Morgan fingerprint density at radius 1 is 1.53 bits per heavy atom. The maximum atomic E-state index is 12.3. The molecule has 2 unspecified atom stereocenters. The smallest absolute Gasteiger partial charge is 0.242 e. The van der Waals surface area contributed by atoms with Crippen LogP contribution in [-0.4, -0.2) is 40.4 Å². The summed E-state index contributed by atoms with van der Waals surface area (Å²) in [6, 6.07) is 0. The lowest BCUT2D eigenvalue weighted by Gasteiger charge is -2.37. The van der Waals surface area contributed by atoms with Gasteiger partial charge < -0.3 is 10.6 Å². The quantitative estimate of drug-likeness (QED) is 0.859. The molecule has 1 saturated heterocycles. The zero-order valence-electron chi connectivity index (χ0n) is 11.1. The zero-order chi connectivity index (χ0) is 12.2. The molecule has 0 aromatic carbocycles. The van der Waals surface area contributed by atoms with E-state index in [9.17, 15) is 4.79 Å². The van der Waals surface area contributed by atoms with Crippen molar-refractivity contribution in [1.82, 2.24) is 4.90 Å². The number of nitrogens with zero attached hydrogens (tertiary/aromatic N) is 1. The van der Waals surface area contributed by atoms with Crippen LogP contribution in [0.25, 0.3) is 0 Å². The van der Waals surface area contributed by atoms with Crippen molar-refractivity contribution in [2.75, 3.05) is 18.8 Å². The Hall–Kier alpha value is 0.0700. The lowest BCUT2D eigenvalue weighted by molar-refractivity contribution is -0.136. The number of hydrogen-bond acceptors (Lipinski definition) is 3. The SMILES string of the molecule is CCCC(C)(N)C(=O)N1CCSC(CC)C1.Cl. The molecule has 102 valence electrons. The molecule has 5 heteroatoms. The van der Waals surface area contributed by atoms with Gasteiger partial charge in [0.05, 0.1) is 5.54 Å². The van der Waals surface area contributed by atoms with Crippen LogP contribution in [0.2, 0.25) is 0 Å². The Kier molecular flexibility index (Phi) is 7.52. The Morgan fingerprint density at radius 2 is 2.18 bits per heavy atom. The fourth-order valence-corrected chi connectivity index (χ4v) is 3.32. The molecule has 1 aliphatic rings. The van der Waals surface area contributed by atoms with Gasteiger partial charge in [0.1, 0.15) is 0 Å². The number of carbonyl (C=O) groups excluding carboxylic acids is 1. The van der Waals surface area contributed by atoms with Crippen molar-refractivity contribution >= 4 is 30.1 Å². The summed E-state index contributed by atoms with van der Waals surface area (Å²) in [7, 11) is 0. The second-order valence-corrected chi connectivity index (χ2v) is 6.23. The molecule has 0 aromatic rings. The van der Waals surface area contributed by atoms with Crippen LogP contribution in [0.3, 0.4) is 0 Å². The highest BCUT2D eigenvalue weighted by molar-refractivity contribution is 8.00. The van der Waals surface area contributed by atoms with Crippen LogP contribution in [0.15, 0.2) is 0 Å². The summed E-state index contributed by atoms with van der Waals surface area (Å²) in [4.78, 5) is 14.2. The van der Waals surface area contributed by atoms with E-state index in [2.05, 4.69) is 13.8 Å². The van der Waals surface area contributed by atoms with Gasteiger partial charge in [-0.1, -0.05) is 20.3 Å². The van der Waals surface area contributed by atoms with Crippen LogP contribution >= 0.6 is 24.2 Å². The van der Waals surface area contributed by atoms with Crippen molar-refractivity contribution in [3.8, 4) is 0 Å². The molecule has 0 aliphatic carbocycles. The maximum absolute atomic E-state index is 12.3. The summed E-state index contributed by atoms with van der Waals surface area (Å²) in [5.41, 5.74) is 5.42. The van der Waals surface area contributed by atoms with Crippen LogP contribution < -0.4 is 5.73 Å². The maximum Gasteiger partial charge on any atom is 0.242 e. The van der Waals surface area contributed by atoms with Crippen molar-refractivity contribution < 1.29 is 4.79 Å². The summed E-state index contributed by atoms with van der Waals surface area (Å²) in [6.45, 7) is 7.84. The van der Waals surface area contributed by atoms with Gasteiger partial charge in [0, 0.05) is 24.1 Å². The summed E-state index contributed by atoms with van der Waals surface area (Å²) >= 11 is 1.97. The molecule has 2 N–H and O–H groups in total. The molecular weight excluding hydrogens is 256 g/mol. The first-order valence-electron chi connectivity index (χ1n) is 6.21. The predicted molar refractivity (Wildman–Crippen MR) is 77.9 cm³/mol. The van der Waals surface area contributed by atoms with E-state index >= 15 is 0 Å². The zero-order valence-corrected chi connectivity index (χ0v) is 12.7. The van der Waals surface area contributed by atoms with Crippen LogP contribution in [-0.2, 0) is 4.79 Å². The number of halogens is 1. The number of thioether (sulfide) groups is 1. The molecule has 1 fully saturated rings. The normalized spacial score (nSPS) is 23.8. The average Bonchev–Trinajstić information content (AvgIpc) is 2.28. The van der Waals surface area contributed by atoms with Gasteiger partial charge in [0.15, 0.2) is 0 Å². The third-order valence-electron chi connectivity index (χ3n) is 3.14. The van der Waals surface area contributed by atoms with Gasteiger partial charge in [-0.05, 0) is 19.8 Å². The average molecular weight is 281 g/mol. The molecule has 0 bridgehead atoms. The Labute approximate surface area is 115 Å². The highest BCUT2D eigenvalue weighted by atomic mass is 35.5. The van der Waals surface area contributed by atoms with E-state index in [1.165, 1.54) is 0 Å². The van der Waals surface area contributed by atoms with Gasteiger partial charge in [-0.15, -0.1) is 12.4 Å². The standard InChI is InChI=1S/C12H24N2OS.ClH/c1-4-6-12(3,13)11(15)14-7-8-16-10(5-2)9-14;/h10H,4-9,13H2,1-3H3;1H. The van der Waals surface area contributed by atoms with Gasteiger partial charge >= 0.3 is 0 Å². The number of hydrogen-bond donors (Lipinski definition) is 1.